The van der Waals surface area contributed by atoms with E-state index in [9.17, 15) is 30.2 Å². The summed E-state index contributed by atoms with van der Waals surface area (Å²) in [5, 5.41) is 47.9. The summed E-state index contributed by atoms with van der Waals surface area (Å²) in [6, 6.07) is 61.5. The number of carbonyl (C=O) groups excluding carboxylic acids is 3. The normalized spacial score (nSPS) is 18.1. The predicted octanol–water partition coefficient (Wildman–Crippen LogP) is 16.9. The molecule has 0 bridgehead atoms. The second-order valence-corrected chi connectivity index (χ2v) is 29.0. The number of piperidine rings is 2. The number of amides is 3. The average molecular weight is 1390 g/mol. The van der Waals surface area contributed by atoms with Gasteiger partial charge < -0.3 is 0 Å². The maximum absolute atomic E-state index is 13.5. The van der Waals surface area contributed by atoms with Gasteiger partial charge in [-0.1, -0.05) is 12.1 Å². The van der Waals surface area contributed by atoms with Gasteiger partial charge >= 0.3 is 530 Å². The summed E-state index contributed by atoms with van der Waals surface area (Å²) in [5.41, 5.74) is 6.45. The molecule has 0 N–H and O–H groups in total. The molecule has 1 saturated carbocycles. The third-order valence-electron chi connectivity index (χ3n) is 18.2. The molecule has 3 aliphatic heterocycles. The Labute approximate surface area is 583 Å². The summed E-state index contributed by atoms with van der Waals surface area (Å²) in [7, 11) is 12.4. The third-order valence-corrected chi connectivity index (χ3v) is 22.8. The molecule has 482 valence electrons. The molecule has 0 radical (unpaired) electrons. The Morgan fingerprint density at radius 1 is 0.526 bits per heavy atom. The molecule has 20 heteroatoms. The second kappa shape index (κ2) is 36.7. The number of rotatable bonds is 20. The number of aryl methyl sites for hydroxylation is 1. The molecular formula is C75H72ClN8O5P3S3. The molecule has 0 aromatic heterocycles. The minimum absolute atomic E-state index is 0.0114. The van der Waals surface area contributed by atoms with Crippen LogP contribution in [0.3, 0.4) is 0 Å². The van der Waals surface area contributed by atoms with Crippen molar-refractivity contribution in [3.05, 3.63) is 202 Å². The van der Waals surface area contributed by atoms with Gasteiger partial charge in [0.25, 0.3) is 0 Å². The first kappa shape index (κ1) is 73.6. The van der Waals surface area contributed by atoms with Crippen LogP contribution in [0.15, 0.2) is 158 Å². The van der Waals surface area contributed by atoms with Crippen LogP contribution < -0.4 is 9.47 Å². The van der Waals surface area contributed by atoms with Crippen LogP contribution in [0.4, 0.5) is 0 Å². The third kappa shape index (κ3) is 19.5. The van der Waals surface area contributed by atoms with E-state index in [1.807, 2.05) is 123 Å². The first-order chi connectivity index (χ1) is 46.1. The monoisotopic (exact) mass is 1390 g/mol. The number of hydrogen-bond donors (Lipinski definition) is 0. The van der Waals surface area contributed by atoms with Gasteiger partial charge in [-0.2, -0.15) is 10.5 Å². The van der Waals surface area contributed by atoms with E-state index in [4.69, 9.17) is 31.6 Å². The Hall–Kier alpha value is -7.25. The van der Waals surface area contributed by atoms with Crippen LogP contribution in [0.2, 0.25) is 5.02 Å². The Morgan fingerprint density at radius 3 is 1.42 bits per heavy atom. The van der Waals surface area contributed by atoms with Crippen LogP contribution >= 0.6 is 73.0 Å². The Kier molecular flexibility index (Phi) is 28.5. The number of likely N-dealkylation sites (tertiary alicyclic amines) is 3. The van der Waals surface area contributed by atoms with Gasteiger partial charge in [0.1, 0.15) is 0 Å². The molecular weight excluding hydrogens is 1320 g/mol. The molecule has 6 aromatic rings. The van der Waals surface area contributed by atoms with Crippen LogP contribution in [-0.2, 0) is 19.8 Å². The topological polar surface area (TPSA) is 198 Å². The van der Waals surface area contributed by atoms with E-state index in [2.05, 4.69) is 95.6 Å². The van der Waals surface area contributed by atoms with Gasteiger partial charge in [-0.25, -0.2) is 0 Å². The number of hydrogen-bond acceptors (Lipinski definition) is 13. The molecule has 4 aliphatic rings. The van der Waals surface area contributed by atoms with Crippen LogP contribution in [0.5, 0.6) is 11.5 Å². The fraction of sp³-hybridized carbons (Fsp3) is 0.373. The zero-order chi connectivity index (χ0) is 67.9. The van der Waals surface area contributed by atoms with Crippen LogP contribution in [0.25, 0.3) is 0 Å². The number of nitrogens with zero attached hydrogens (tertiary/aromatic N) is 8. The van der Waals surface area contributed by atoms with Crippen molar-refractivity contribution in [1.29, 1.82) is 26.3 Å². The van der Waals surface area contributed by atoms with Gasteiger partial charge in [0.15, 0.2) is 0 Å². The van der Waals surface area contributed by atoms with Gasteiger partial charge in [-0.3, -0.25) is 0 Å². The average Bonchev–Trinajstić information content (AvgIpc) is 1.59. The molecule has 3 amide bonds. The van der Waals surface area contributed by atoms with Gasteiger partial charge in [0.05, 0.1) is 23.3 Å². The van der Waals surface area contributed by atoms with Crippen LogP contribution in [0.1, 0.15) is 115 Å². The van der Waals surface area contributed by atoms with Crippen molar-refractivity contribution in [2.24, 2.45) is 17.8 Å². The number of nitriles is 5. The van der Waals surface area contributed by atoms with Crippen molar-refractivity contribution >= 4 is 90.7 Å². The molecule has 6 aromatic carbocycles. The fourth-order valence-electron chi connectivity index (χ4n) is 12.7. The van der Waals surface area contributed by atoms with Gasteiger partial charge in [-0.15, -0.1) is 0 Å². The number of benzene rings is 6. The van der Waals surface area contributed by atoms with Crippen LogP contribution in [0, 0.1) is 96.2 Å². The molecule has 9 unspecified atom stereocenters. The number of carbonyl (C=O) groups is 3. The first-order valence-corrected chi connectivity index (χ1v) is 35.9. The van der Waals surface area contributed by atoms with E-state index < -0.39 is 17.8 Å². The van der Waals surface area contributed by atoms with E-state index >= 15 is 0 Å². The van der Waals surface area contributed by atoms with E-state index in [0.29, 0.717) is 98.5 Å². The van der Waals surface area contributed by atoms with E-state index in [1.54, 1.807) is 46.2 Å². The van der Waals surface area contributed by atoms with Crippen molar-refractivity contribution in [3.8, 4) is 56.7 Å². The van der Waals surface area contributed by atoms with Gasteiger partial charge in [0, 0.05) is 0 Å². The number of thioether (sulfide) groups is 3. The zero-order valence-corrected chi connectivity index (χ0v) is 59.0. The SMILES string of the molecule is CC(c1ccccc1)C(SC#P)C(C#N)C(=O)N1CCC(Oc2cccc(C#N)c2)CC1.Cc1cc(C(C)C(SC#P)C(C#N)C(=O)N2CCC(c3ccccc3)C2)ccc1Cl.N#Cc1cccc(OC2CCN(C(=O)C(C#N)C(SC#P)C3(c4ccccc4)CC3)CC2)c1. The number of halogens is 1. The van der Waals surface area contributed by atoms with Gasteiger partial charge in [-0.05, 0) is 12.1 Å². The number of ether oxygens (including phenoxy) is 2. The molecule has 3 saturated heterocycles. The maximum atomic E-state index is 13.5. The fourth-order valence-corrected chi connectivity index (χ4v) is 16.5. The van der Waals surface area contributed by atoms with Crippen molar-refractivity contribution in [3.63, 3.8) is 0 Å². The quantitative estimate of drug-likeness (QED) is 0.0655. The van der Waals surface area contributed by atoms with Crippen molar-refractivity contribution in [2.75, 3.05) is 39.3 Å². The molecule has 1 aliphatic carbocycles. The summed E-state index contributed by atoms with van der Waals surface area (Å²) < 4.78 is 12.1. The van der Waals surface area contributed by atoms with E-state index in [1.165, 1.54) is 46.4 Å². The van der Waals surface area contributed by atoms with E-state index in [0.717, 1.165) is 36.0 Å². The van der Waals surface area contributed by atoms with E-state index in [-0.39, 0.29) is 62.9 Å². The summed E-state index contributed by atoms with van der Waals surface area (Å²) >= 11 is 10.2. The van der Waals surface area contributed by atoms with Crippen molar-refractivity contribution in [2.45, 2.75) is 117 Å². The molecule has 9 atom stereocenters. The Balaban J connectivity index is 0.000000183. The summed E-state index contributed by atoms with van der Waals surface area (Å²) in [6.07, 6.45) is 5.51. The Morgan fingerprint density at radius 2 is 0.968 bits per heavy atom. The molecule has 3 heterocycles. The summed E-state index contributed by atoms with van der Waals surface area (Å²) in [5.74, 6) is -1.09. The molecule has 10 rings (SSSR count). The van der Waals surface area contributed by atoms with Crippen LogP contribution in [-0.4, -0.2) is 99.6 Å². The molecule has 0 spiro atoms. The summed E-state index contributed by atoms with van der Waals surface area (Å²) in [6.45, 7) is 9.52. The standard InChI is InChI=1S/C26H24N3O2PS.C25H24N3O2PS.C24H24ClN2OPS/c27-16-19-5-4-8-22(15-19)31-21-9-13-29(14-10-21)25(30)23(17-28)24(33-18-32)26(11-12-26)20-6-2-1-3-7-20;1-18(20-7-3-2-4-8-20)24(32-17-31)23(16-27)25(29)28-12-10-21(11-13-28)30-22-9-5-6-19(14-22)15-26;1-16-12-19(8-9-22(16)25)17(2)23(30-15-29)21(13-26)24(28)27-11-10-20(14-27)18-6-4-3-5-7-18/h1-8,15,21,23-24H,9-14H2;2-9,14,18,21,23-24H,10-13H2,1H3;3-9,12,17,20-21,23H,10-11,14H2,1-2H3. The van der Waals surface area contributed by atoms with Crippen molar-refractivity contribution < 1.29 is 23.9 Å². The molecule has 13 nitrogen and oxygen atoms in total. The Bertz CT molecular complexity index is 3970. The summed E-state index contributed by atoms with van der Waals surface area (Å²) in [4.78, 5) is 53.9. The second-order valence-electron chi connectivity index (χ2n) is 24.1. The molecule has 4 fully saturated rings. The zero-order valence-electron chi connectivity index (χ0n) is 53.1. The molecule has 95 heavy (non-hydrogen) atoms. The minimum atomic E-state index is -0.792. The first-order valence-electron chi connectivity index (χ1n) is 31.6. The van der Waals surface area contributed by atoms with Gasteiger partial charge in [0.2, 0.25) is 0 Å². The van der Waals surface area contributed by atoms with Crippen molar-refractivity contribution in [1.82, 2.24) is 14.7 Å². The predicted molar refractivity (Wildman–Crippen MR) is 384 cm³/mol.